The largest absolute Gasteiger partial charge is 0.457 e. The van der Waals surface area contributed by atoms with Crippen LogP contribution in [0.25, 0.3) is 0 Å². The van der Waals surface area contributed by atoms with Gasteiger partial charge < -0.3 is 14.6 Å². The Morgan fingerprint density at radius 3 is 1.52 bits per heavy atom. The molecule has 31 heavy (non-hydrogen) atoms. The van der Waals surface area contributed by atoms with E-state index in [1.54, 1.807) is 0 Å². The summed E-state index contributed by atoms with van der Waals surface area (Å²) in [6.45, 7) is 5.31. The number of carbonyl (C=O) groups excluding carboxylic acids is 1. The van der Waals surface area contributed by atoms with E-state index in [0.29, 0.717) is 19.6 Å². The van der Waals surface area contributed by atoms with Gasteiger partial charge in [-0.15, -0.1) is 0 Å². The molecule has 1 atom stereocenters. The van der Waals surface area contributed by atoms with Crippen LogP contribution in [0.3, 0.4) is 0 Å². The standard InChI is InChI=1S/C27H54O4/c1-3-5-7-9-11-12-13-14-15-16-18-20-22-27(29)31-26(24-28)25-30-23-21-19-17-10-8-6-4-2/h26,28H,3-25H2,1-2H3. The van der Waals surface area contributed by atoms with Crippen molar-refractivity contribution in [1.29, 1.82) is 0 Å². The number of ether oxygens (including phenoxy) is 2. The van der Waals surface area contributed by atoms with Crippen LogP contribution in [0, 0.1) is 0 Å². The first-order valence-corrected chi connectivity index (χ1v) is 13.6. The summed E-state index contributed by atoms with van der Waals surface area (Å²) in [6.07, 6.45) is 24.1. The molecule has 0 fully saturated rings. The van der Waals surface area contributed by atoms with Gasteiger partial charge in [-0.25, -0.2) is 0 Å². The Kier molecular flexibility index (Phi) is 25.1. The van der Waals surface area contributed by atoms with Crippen molar-refractivity contribution in [3.8, 4) is 0 Å². The van der Waals surface area contributed by atoms with Crippen LogP contribution in [-0.4, -0.2) is 37.0 Å². The van der Waals surface area contributed by atoms with Gasteiger partial charge in [0, 0.05) is 13.0 Å². The number of aliphatic hydroxyl groups is 1. The van der Waals surface area contributed by atoms with E-state index in [1.807, 2.05) is 0 Å². The zero-order chi connectivity index (χ0) is 22.8. The van der Waals surface area contributed by atoms with E-state index < -0.39 is 6.10 Å². The van der Waals surface area contributed by atoms with Gasteiger partial charge in [0.05, 0.1) is 13.2 Å². The average molecular weight is 443 g/mol. The number of rotatable bonds is 25. The fraction of sp³-hybridized carbons (Fsp3) is 0.963. The first-order valence-electron chi connectivity index (χ1n) is 13.6. The van der Waals surface area contributed by atoms with Gasteiger partial charge in [-0.05, 0) is 12.8 Å². The Morgan fingerprint density at radius 1 is 0.645 bits per heavy atom. The molecule has 0 spiro atoms. The Hall–Kier alpha value is -0.610. The maximum Gasteiger partial charge on any atom is 0.306 e. The maximum atomic E-state index is 12.0. The highest BCUT2D eigenvalue weighted by Gasteiger charge is 2.13. The van der Waals surface area contributed by atoms with E-state index >= 15 is 0 Å². The van der Waals surface area contributed by atoms with Crippen LogP contribution in [0.2, 0.25) is 0 Å². The second-order valence-electron chi connectivity index (χ2n) is 9.13. The fourth-order valence-electron chi connectivity index (χ4n) is 3.86. The summed E-state index contributed by atoms with van der Waals surface area (Å²) in [5, 5.41) is 9.41. The zero-order valence-electron chi connectivity index (χ0n) is 21.0. The van der Waals surface area contributed by atoms with Crippen LogP contribution in [0.4, 0.5) is 0 Å². The molecule has 0 aliphatic heterocycles. The zero-order valence-corrected chi connectivity index (χ0v) is 21.0. The Morgan fingerprint density at radius 2 is 1.06 bits per heavy atom. The summed E-state index contributed by atoms with van der Waals surface area (Å²) < 4.78 is 11.0. The quantitative estimate of drug-likeness (QED) is 0.116. The highest BCUT2D eigenvalue weighted by molar-refractivity contribution is 5.69. The molecule has 0 amide bonds. The first kappa shape index (κ1) is 30.4. The number of carbonyl (C=O) groups is 1. The molecular weight excluding hydrogens is 388 g/mol. The highest BCUT2D eigenvalue weighted by atomic mass is 16.6. The van der Waals surface area contributed by atoms with Crippen molar-refractivity contribution >= 4 is 5.97 Å². The van der Waals surface area contributed by atoms with Crippen molar-refractivity contribution in [1.82, 2.24) is 0 Å². The molecule has 0 aromatic carbocycles. The van der Waals surface area contributed by atoms with Gasteiger partial charge in [0.1, 0.15) is 6.10 Å². The summed E-state index contributed by atoms with van der Waals surface area (Å²) in [7, 11) is 0. The minimum atomic E-state index is -0.519. The predicted molar refractivity (Wildman–Crippen MR) is 131 cm³/mol. The van der Waals surface area contributed by atoms with Gasteiger partial charge in [0.2, 0.25) is 0 Å². The molecule has 1 N–H and O–H groups in total. The summed E-state index contributed by atoms with van der Waals surface area (Å²) in [4.78, 5) is 12.0. The summed E-state index contributed by atoms with van der Waals surface area (Å²) in [6, 6.07) is 0. The van der Waals surface area contributed by atoms with Gasteiger partial charge in [0.15, 0.2) is 0 Å². The number of hydrogen-bond acceptors (Lipinski definition) is 4. The molecule has 186 valence electrons. The monoisotopic (exact) mass is 442 g/mol. The van der Waals surface area contributed by atoms with E-state index in [2.05, 4.69) is 13.8 Å². The Bertz CT molecular complexity index is 359. The molecule has 0 aromatic rings. The lowest BCUT2D eigenvalue weighted by Gasteiger charge is -2.15. The van der Waals surface area contributed by atoms with Crippen LogP contribution in [-0.2, 0) is 14.3 Å². The fourth-order valence-corrected chi connectivity index (χ4v) is 3.86. The molecule has 0 radical (unpaired) electrons. The number of esters is 1. The molecule has 4 heteroatoms. The van der Waals surface area contributed by atoms with Crippen LogP contribution in [0.1, 0.15) is 142 Å². The van der Waals surface area contributed by atoms with Gasteiger partial charge >= 0.3 is 5.97 Å². The molecular formula is C27H54O4. The lowest BCUT2D eigenvalue weighted by molar-refractivity contribution is -0.154. The van der Waals surface area contributed by atoms with Crippen molar-refractivity contribution < 1.29 is 19.4 Å². The molecule has 0 saturated heterocycles. The SMILES string of the molecule is CCCCCCCCCCCCCCC(=O)OC(CO)COCCCCCCCCC. The van der Waals surface area contributed by atoms with E-state index in [1.165, 1.54) is 103 Å². The molecule has 0 aliphatic carbocycles. The first-order chi connectivity index (χ1) is 15.2. The molecule has 0 heterocycles. The summed E-state index contributed by atoms with van der Waals surface area (Å²) in [5.41, 5.74) is 0. The van der Waals surface area contributed by atoms with Crippen molar-refractivity contribution in [3.05, 3.63) is 0 Å². The van der Waals surface area contributed by atoms with Crippen LogP contribution >= 0.6 is 0 Å². The third-order valence-corrected chi connectivity index (χ3v) is 5.93. The molecule has 4 nitrogen and oxygen atoms in total. The smallest absolute Gasteiger partial charge is 0.306 e. The number of unbranched alkanes of at least 4 members (excludes halogenated alkanes) is 17. The van der Waals surface area contributed by atoms with Crippen LogP contribution in [0.5, 0.6) is 0 Å². The summed E-state index contributed by atoms with van der Waals surface area (Å²) in [5.74, 6) is -0.203. The van der Waals surface area contributed by atoms with E-state index in [-0.39, 0.29) is 12.6 Å². The van der Waals surface area contributed by atoms with Crippen molar-refractivity contribution in [2.45, 2.75) is 148 Å². The summed E-state index contributed by atoms with van der Waals surface area (Å²) >= 11 is 0. The van der Waals surface area contributed by atoms with E-state index in [4.69, 9.17) is 9.47 Å². The minimum absolute atomic E-state index is 0.165. The van der Waals surface area contributed by atoms with Crippen molar-refractivity contribution in [2.75, 3.05) is 19.8 Å². The number of hydrogen-bond donors (Lipinski definition) is 1. The predicted octanol–water partition coefficient (Wildman–Crippen LogP) is 7.75. The van der Waals surface area contributed by atoms with Crippen molar-refractivity contribution in [2.24, 2.45) is 0 Å². The third-order valence-electron chi connectivity index (χ3n) is 5.93. The van der Waals surface area contributed by atoms with Crippen molar-refractivity contribution in [3.63, 3.8) is 0 Å². The van der Waals surface area contributed by atoms with E-state index in [0.717, 1.165) is 19.3 Å². The number of aliphatic hydroxyl groups excluding tert-OH is 1. The average Bonchev–Trinajstić information content (AvgIpc) is 2.77. The Labute approximate surface area is 193 Å². The van der Waals surface area contributed by atoms with Gasteiger partial charge in [-0.2, -0.15) is 0 Å². The molecule has 0 bridgehead atoms. The normalized spacial score (nSPS) is 12.2. The highest BCUT2D eigenvalue weighted by Crippen LogP contribution is 2.13. The lowest BCUT2D eigenvalue weighted by atomic mass is 10.0. The van der Waals surface area contributed by atoms with Crippen LogP contribution < -0.4 is 0 Å². The van der Waals surface area contributed by atoms with E-state index in [9.17, 15) is 9.90 Å². The maximum absolute atomic E-state index is 12.0. The molecule has 0 aromatic heterocycles. The lowest BCUT2D eigenvalue weighted by Crippen LogP contribution is -2.27. The second kappa shape index (κ2) is 25.6. The molecule has 0 saturated carbocycles. The van der Waals surface area contributed by atoms with Gasteiger partial charge in [-0.3, -0.25) is 4.79 Å². The third kappa shape index (κ3) is 23.9. The Balaban J connectivity index is 3.43. The topological polar surface area (TPSA) is 55.8 Å². The minimum Gasteiger partial charge on any atom is -0.457 e. The molecule has 0 rings (SSSR count). The molecule has 1 unspecified atom stereocenters. The molecule has 0 aliphatic rings. The second-order valence-corrected chi connectivity index (χ2v) is 9.13. The van der Waals surface area contributed by atoms with Gasteiger partial charge in [0.25, 0.3) is 0 Å². The van der Waals surface area contributed by atoms with Crippen LogP contribution in [0.15, 0.2) is 0 Å². The van der Waals surface area contributed by atoms with Gasteiger partial charge in [-0.1, -0.05) is 123 Å².